The number of sulfonamides is 1. The van der Waals surface area contributed by atoms with E-state index in [9.17, 15) is 18.0 Å². The Labute approximate surface area is 250 Å². The lowest BCUT2D eigenvalue weighted by Crippen LogP contribution is -2.52. The highest BCUT2D eigenvalue weighted by Crippen LogP contribution is 2.24. The molecule has 0 aliphatic carbocycles. The van der Waals surface area contributed by atoms with Crippen molar-refractivity contribution in [3.63, 3.8) is 0 Å². The topological polar surface area (TPSA) is 96.0 Å². The summed E-state index contributed by atoms with van der Waals surface area (Å²) in [7, 11) is -1.99. The zero-order valence-electron chi connectivity index (χ0n) is 25.2. The zero-order valence-corrected chi connectivity index (χ0v) is 26.1. The number of ether oxygens (including phenoxy) is 1. The van der Waals surface area contributed by atoms with Gasteiger partial charge in [0, 0.05) is 32.0 Å². The van der Waals surface area contributed by atoms with Crippen molar-refractivity contribution in [2.75, 3.05) is 24.2 Å². The van der Waals surface area contributed by atoms with Gasteiger partial charge in [-0.3, -0.25) is 13.9 Å². The van der Waals surface area contributed by atoms with Gasteiger partial charge in [-0.05, 0) is 61.6 Å². The normalized spacial score (nSPS) is 12.7. The Morgan fingerprint density at radius 3 is 2.26 bits per heavy atom. The van der Waals surface area contributed by atoms with Crippen LogP contribution in [-0.4, -0.2) is 57.1 Å². The van der Waals surface area contributed by atoms with E-state index in [0.717, 1.165) is 23.1 Å². The van der Waals surface area contributed by atoms with Crippen molar-refractivity contribution in [1.82, 2.24) is 10.2 Å². The van der Waals surface area contributed by atoms with Crippen molar-refractivity contribution in [1.29, 1.82) is 0 Å². The second kappa shape index (κ2) is 15.4. The number of nitrogens with one attached hydrogen (secondary N) is 1. The number of methoxy groups -OCH3 is 1. The van der Waals surface area contributed by atoms with E-state index in [1.54, 1.807) is 24.1 Å². The summed E-state index contributed by atoms with van der Waals surface area (Å²) >= 11 is 0. The minimum Gasteiger partial charge on any atom is -0.497 e. The number of hydrogen-bond donors (Lipinski definition) is 1. The zero-order chi connectivity index (χ0) is 30.7. The van der Waals surface area contributed by atoms with Crippen molar-refractivity contribution >= 4 is 27.5 Å². The molecule has 0 heterocycles. The molecule has 3 rings (SSSR count). The first kappa shape index (κ1) is 32.7. The smallest absolute Gasteiger partial charge is 0.243 e. The number of hydrogen-bond acceptors (Lipinski definition) is 5. The SMILES string of the molecule is CC[C@H](C)NC(=O)[C@@H](Cc1ccccc1)N(Cc1cccc(OC)c1)C(=O)CCCN(c1ccccc1C)S(C)(=O)=O. The summed E-state index contributed by atoms with van der Waals surface area (Å²) in [5.74, 6) is 0.212. The maximum absolute atomic E-state index is 14.0. The van der Waals surface area contributed by atoms with Gasteiger partial charge in [-0.1, -0.05) is 67.6 Å². The van der Waals surface area contributed by atoms with Gasteiger partial charge in [-0.15, -0.1) is 0 Å². The van der Waals surface area contributed by atoms with E-state index in [1.807, 2.05) is 87.5 Å². The molecule has 0 aromatic heterocycles. The lowest BCUT2D eigenvalue weighted by atomic mass is 10.0. The molecule has 2 amide bonds. The molecule has 8 nitrogen and oxygen atoms in total. The minimum atomic E-state index is -3.57. The molecule has 0 spiro atoms. The van der Waals surface area contributed by atoms with E-state index >= 15 is 0 Å². The lowest BCUT2D eigenvalue weighted by Gasteiger charge is -2.33. The third-order valence-corrected chi connectivity index (χ3v) is 8.48. The van der Waals surface area contributed by atoms with E-state index in [1.165, 1.54) is 10.6 Å². The first-order valence-corrected chi connectivity index (χ1v) is 16.2. The summed E-state index contributed by atoms with van der Waals surface area (Å²) in [5.41, 5.74) is 3.19. The Balaban J connectivity index is 1.92. The van der Waals surface area contributed by atoms with Crippen LogP contribution in [-0.2, 0) is 32.6 Å². The van der Waals surface area contributed by atoms with Gasteiger partial charge in [0.25, 0.3) is 0 Å². The molecule has 0 fully saturated rings. The van der Waals surface area contributed by atoms with Crippen LogP contribution < -0.4 is 14.4 Å². The number of para-hydroxylation sites is 1. The second-order valence-corrected chi connectivity index (χ2v) is 12.5. The predicted octanol–water partition coefficient (Wildman–Crippen LogP) is 5.10. The first-order valence-electron chi connectivity index (χ1n) is 14.3. The van der Waals surface area contributed by atoms with Crippen LogP contribution in [0.2, 0.25) is 0 Å². The molecule has 42 heavy (non-hydrogen) atoms. The molecule has 0 unspecified atom stereocenters. The Bertz CT molecular complexity index is 1430. The van der Waals surface area contributed by atoms with Crippen LogP contribution in [0.5, 0.6) is 5.75 Å². The fourth-order valence-electron chi connectivity index (χ4n) is 4.79. The Morgan fingerprint density at radius 2 is 1.62 bits per heavy atom. The molecule has 0 bridgehead atoms. The number of nitrogens with zero attached hydrogens (tertiary/aromatic N) is 2. The maximum atomic E-state index is 14.0. The molecule has 0 saturated carbocycles. The number of carbonyl (C=O) groups is 2. The van der Waals surface area contributed by atoms with Crippen LogP contribution >= 0.6 is 0 Å². The summed E-state index contributed by atoms with van der Waals surface area (Å²) < 4.78 is 32.1. The quantitative estimate of drug-likeness (QED) is 0.264. The van der Waals surface area contributed by atoms with Crippen molar-refractivity contribution in [2.45, 2.75) is 65.1 Å². The molecule has 0 radical (unpaired) electrons. The molecule has 0 saturated heterocycles. The van der Waals surface area contributed by atoms with Crippen LogP contribution in [0, 0.1) is 6.92 Å². The molecule has 3 aromatic carbocycles. The third kappa shape index (κ3) is 9.34. The molecule has 0 aliphatic rings. The molecule has 3 aromatic rings. The van der Waals surface area contributed by atoms with E-state index < -0.39 is 16.1 Å². The van der Waals surface area contributed by atoms with Gasteiger partial charge in [0.2, 0.25) is 21.8 Å². The highest BCUT2D eigenvalue weighted by atomic mass is 32.2. The van der Waals surface area contributed by atoms with Crippen molar-refractivity contribution in [2.24, 2.45) is 0 Å². The van der Waals surface area contributed by atoms with E-state index in [0.29, 0.717) is 24.3 Å². The number of carbonyl (C=O) groups excluding carboxylic acids is 2. The lowest BCUT2D eigenvalue weighted by molar-refractivity contribution is -0.141. The van der Waals surface area contributed by atoms with Crippen LogP contribution in [0.4, 0.5) is 5.69 Å². The molecule has 9 heteroatoms. The average Bonchev–Trinajstić information content (AvgIpc) is 2.97. The van der Waals surface area contributed by atoms with Gasteiger partial charge in [-0.25, -0.2) is 8.42 Å². The average molecular weight is 594 g/mol. The number of aryl methyl sites for hydroxylation is 1. The molecule has 1 N–H and O–H groups in total. The standard InChI is InChI=1S/C33H43N3O5S/c1-6-26(3)34-33(38)31(23-27-15-8-7-9-16-27)35(24-28-17-12-18-29(22-28)41-4)32(37)20-13-21-36(42(5,39)40)30-19-11-10-14-25(30)2/h7-12,14-19,22,26,31H,6,13,20-21,23-24H2,1-5H3,(H,34,38)/t26-,31+/m0/s1. The van der Waals surface area contributed by atoms with Gasteiger partial charge in [-0.2, -0.15) is 0 Å². The van der Waals surface area contributed by atoms with Gasteiger partial charge in [0.15, 0.2) is 0 Å². The van der Waals surface area contributed by atoms with Crippen molar-refractivity contribution in [3.05, 3.63) is 95.6 Å². The minimum absolute atomic E-state index is 0.0537. The Morgan fingerprint density at radius 1 is 0.952 bits per heavy atom. The van der Waals surface area contributed by atoms with E-state index in [4.69, 9.17) is 4.74 Å². The van der Waals surface area contributed by atoms with Crippen LogP contribution in [0.25, 0.3) is 0 Å². The van der Waals surface area contributed by atoms with Gasteiger partial charge in [0.1, 0.15) is 11.8 Å². The largest absolute Gasteiger partial charge is 0.497 e. The van der Waals surface area contributed by atoms with Crippen LogP contribution in [0.15, 0.2) is 78.9 Å². The third-order valence-electron chi connectivity index (χ3n) is 7.30. The fourth-order valence-corrected chi connectivity index (χ4v) is 5.81. The predicted molar refractivity (Wildman–Crippen MR) is 168 cm³/mol. The van der Waals surface area contributed by atoms with Crippen LogP contribution in [0.1, 0.15) is 49.8 Å². The highest BCUT2D eigenvalue weighted by Gasteiger charge is 2.31. The van der Waals surface area contributed by atoms with Gasteiger partial charge >= 0.3 is 0 Å². The number of amides is 2. The van der Waals surface area contributed by atoms with Crippen molar-refractivity contribution < 1.29 is 22.7 Å². The fraction of sp³-hybridized carbons (Fsp3) is 0.394. The highest BCUT2D eigenvalue weighted by molar-refractivity contribution is 7.92. The van der Waals surface area contributed by atoms with Gasteiger partial charge in [0.05, 0.1) is 19.1 Å². The summed E-state index contributed by atoms with van der Waals surface area (Å²) in [5, 5.41) is 3.07. The number of benzene rings is 3. The second-order valence-electron chi connectivity index (χ2n) is 10.6. The summed E-state index contributed by atoms with van der Waals surface area (Å²) in [4.78, 5) is 29.3. The summed E-state index contributed by atoms with van der Waals surface area (Å²) in [6.07, 6.45) is 2.64. The molecular weight excluding hydrogens is 550 g/mol. The summed E-state index contributed by atoms with van der Waals surface area (Å²) in [6.45, 7) is 6.15. The number of rotatable bonds is 15. The molecular formula is C33H43N3O5S. The van der Waals surface area contributed by atoms with Crippen molar-refractivity contribution in [3.8, 4) is 5.75 Å². The Kier molecular flexibility index (Phi) is 12.0. The molecule has 2 atom stereocenters. The molecule has 226 valence electrons. The van der Waals surface area contributed by atoms with Crippen LogP contribution in [0.3, 0.4) is 0 Å². The Hall–Kier alpha value is -3.85. The monoisotopic (exact) mass is 593 g/mol. The summed E-state index contributed by atoms with van der Waals surface area (Å²) in [6, 6.07) is 23.6. The number of anilines is 1. The maximum Gasteiger partial charge on any atom is 0.243 e. The first-order chi connectivity index (χ1) is 20.0. The molecule has 0 aliphatic heterocycles. The van der Waals surface area contributed by atoms with E-state index in [2.05, 4.69) is 5.32 Å². The van der Waals surface area contributed by atoms with Gasteiger partial charge < -0.3 is 15.0 Å². The van der Waals surface area contributed by atoms with E-state index in [-0.39, 0.29) is 37.4 Å².